The molecule has 0 atom stereocenters. The monoisotopic (exact) mass is 275 g/mol. The summed E-state index contributed by atoms with van der Waals surface area (Å²) < 4.78 is 1.99. The van der Waals surface area contributed by atoms with Crippen molar-refractivity contribution >= 4 is 28.5 Å². The van der Waals surface area contributed by atoms with Gasteiger partial charge < -0.3 is 4.57 Å². The first-order valence-electron chi connectivity index (χ1n) is 5.66. The molecule has 19 heavy (non-hydrogen) atoms. The Morgan fingerprint density at radius 2 is 2.21 bits per heavy atom. The summed E-state index contributed by atoms with van der Waals surface area (Å²) >= 11 is 1.54. The molecule has 0 spiro atoms. The highest BCUT2D eigenvalue weighted by molar-refractivity contribution is 7.99. The van der Waals surface area contributed by atoms with Gasteiger partial charge in [-0.25, -0.2) is 4.98 Å². The van der Waals surface area contributed by atoms with Gasteiger partial charge in [-0.05, 0) is 6.07 Å². The number of thioether (sulfide) groups is 1. The van der Waals surface area contributed by atoms with Crippen LogP contribution in [0.4, 0.5) is 5.69 Å². The molecule has 1 aromatic carbocycles. The Balaban J connectivity index is 2.54. The van der Waals surface area contributed by atoms with Crippen molar-refractivity contribution in [3.8, 4) is 0 Å². The highest BCUT2D eigenvalue weighted by Gasteiger charge is 2.13. The van der Waals surface area contributed by atoms with Crippen molar-refractivity contribution < 1.29 is 4.92 Å². The molecule has 0 aliphatic rings. The van der Waals surface area contributed by atoms with Gasteiger partial charge in [-0.2, -0.15) is 0 Å². The molecule has 2 rings (SSSR count). The molecule has 0 aliphatic carbocycles. The van der Waals surface area contributed by atoms with Crippen LogP contribution in [-0.2, 0) is 6.54 Å². The Labute approximate surface area is 114 Å². The second-order valence-corrected chi connectivity index (χ2v) is 4.81. The summed E-state index contributed by atoms with van der Waals surface area (Å²) in [6.07, 6.45) is 3.57. The van der Waals surface area contributed by atoms with Gasteiger partial charge in [-0.3, -0.25) is 10.1 Å². The normalized spacial score (nSPS) is 10.5. The van der Waals surface area contributed by atoms with E-state index in [1.54, 1.807) is 30.0 Å². The molecule has 2 aromatic rings. The molecule has 0 fully saturated rings. The van der Waals surface area contributed by atoms with Gasteiger partial charge >= 0.3 is 0 Å². The van der Waals surface area contributed by atoms with Crippen molar-refractivity contribution in [2.24, 2.45) is 0 Å². The molecule has 98 valence electrons. The molecule has 0 unspecified atom stereocenters. The molecule has 0 saturated carbocycles. The summed E-state index contributed by atoms with van der Waals surface area (Å²) in [6.45, 7) is 8.02. The number of fused-ring (bicyclic) bond motifs is 1. The van der Waals surface area contributed by atoms with E-state index >= 15 is 0 Å². The second-order valence-electron chi connectivity index (χ2n) is 3.82. The van der Waals surface area contributed by atoms with E-state index in [4.69, 9.17) is 0 Å². The molecule has 5 nitrogen and oxygen atoms in total. The molecule has 0 N–H and O–H groups in total. The van der Waals surface area contributed by atoms with Crippen LogP contribution in [0, 0.1) is 10.1 Å². The van der Waals surface area contributed by atoms with E-state index in [1.165, 1.54) is 12.1 Å². The van der Waals surface area contributed by atoms with Crippen LogP contribution in [0.25, 0.3) is 11.0 Å². The first-order valence-corrected chi connectivity index (χ1v) is 6.65. The van der Waals surface area contributed by atoms with Crippen molar-refractivity contribution in [3.05, 3.63) is 53.6 Å². The van der Waals surface area contributed by atoms with Crippen LogP contribution >= 0.6 is 11.8 Å². The minimum absolute atomic E-state index is 0.0519. The standard InChI is InChI=1S/C13H13N3O2S/c1-3-7-15-12-6-5-10(16(17)18)9-11(12)14-13(15)19-8-4-2/h3-6,9H,1-2,7-8H2. The smallest absolute Gasteiger partial charge is 0.271 e. The molecule has 6 heteroatoms. The first-order chi connectivity index (χ1) is 9.17. The van der Waals surface area contributed by atoms with Gasteiger partial charge in [0.25, 0.3) is 5.69 Å². The number of nitrogens with zero attached hydrogens (tertiary/aromatic N) is 3. The number of hydrogen-bond acceptors (Lipinski definition) is 4. The van der Waals surface area contributed by atoms with Crippen LogP contribution in [-0.4, -0.2) is 20.2 Å². The van der Waals surface area contributed by atoms with E-state index in [-0.39, 0.29) is 5.69 Å². The van der Waals surface area contributed by atoms with Crippen LogP contribution in [0.5, 0.6) is 0 Å². The van der Waals surface area contributed by atoms with Crippen LogP contribution in [0.15, 0.2) is 48.7 Å². The number of non-ortho nitro benzene ring substituents is 1. The lowest BCUT2D eigenvalue weighted by molar-refractivity contribution is -0.384. The quantitative estimate of drug-likeness (QED) is 0.351. The summed E-state index contributed by atoms with van der Waals surface area (Å²) in [4.78, 5) is 14.8. The molecule has 0 saturated heterocycles. The number of imidazole rings is 1. The predicted molar refractivity (Wildman–Crippen MR) is 77.5 cm³/mol. The topological polar surface area (TPSA) is 61.0 Å². The number of nitro benzene ring substituents is 1. The molecule has 1 heterocycles. The lowest BCUT2D eigenvalue weighted by Crippen LogP contribution is -1.97. The van der Waals surface area contributed by atoms with Crippen molar-refractivity contribution in [1.29, 1.82) is 0 Å². The van der Waals surface area contributed by atoms with E-state index < -0.39 is 4.92 Å². The minimum Gasteiger partial charge on any atom is -0.315 e. The third kappa shape index (κ3) is 2.68. The number of nitro groups is 1. The fourth-order valence-electron chi connectivity index (χ4n) is 1.76. The number of benzene rings is 1. The number of hydrogen-bond donors (Lipinski definition) is 0. The molecular weight excluding hydrogens is 262 g/mol. The zero-order valence-electron chi connectivity index (χ0n) is 10.3. The van der Waals surface area contributed by atoms with E-state index in [0.717, 1.165) is 16.4 Å². The summed E-state index contributed by atoms with van der Waals surface area (Å²) in [7, 11) is 0. The summed E-state index contributed by atoms with van der Waals surface area (Å²) in [6, 6.07) is 4.71. The lowest BCUT2D eigenvalue weighted by Gasteiger charge is -2.04. The Morgan fingerprint density at radius 1 is 1.42 bits per heavy atom. The molecule has 0 radical (unpaired) electrons. The SMILES string of the molecule is C=CCSc1nc2cc([N+](=O)[O-])ccc2n1CC=C. The number of rotatable bonds is 6. The maximum Gasteiger partial charge on any atom is 0.271 e. The Hall–Kier alpha value is -2.08. The van der Waals surface area contributed by atoms with Gasteiger partial charge in [0.15, 0.2) is 5.16 Å². The summed E-state index contributed by atoms with van der Waals surface area (Å²) in [5, 5.41) is 11.6. The highest BCUT2D eigenvalue weighted by Crippen LogP contribution is 2.27. The van der Waals surface area contributed by atoms with Gasteiger partial charge in [-0.1, -0.05) is 23.9 Å². The van der Waals surface area contributed by atoms with Crippen LogP contribution in [0.3, 0.4) is 0 Å². The lowest BCUT2D eigenvalue weighted by atomic mass is 10.3. The molecule has 0 amide bonds. The van der Waals surface area contributed by atoms with Crippen LogP contribution < -0.4 is 0 Å². The van der Waals surface area contributed by atoms with Crippen molar-refractivity contribution in [1.82, 2.24) is 9.55 Å². The van der Waals surface area contributed by atoms with E-state index in [9.17, 15) is 10.1 Å². The molecule has 0 bridgehead atoms. The molecule has 0 aliphatic heterocycles. The third-order valence-corrected chi connectivity index (χ3v) is 3.52. The molecule has 1 aromatic heterocycles. The highest BCUT2D eigenvalue weighted by atomic mass is 32.2. The zero-order chi connectivity index (χ0) is 13.8. The average Bonchev–Trinajstić information content (AvgIpc) is 2.74. The zero-order valence-corrected chi connectivity index (χ0v) is 11.1. The van der Waals surface area contributed by atoms with Gasteiger partial charge in [-0.15, -0.1) is 13.2 Å². The van der Waals surface area contributed by atoms with Crippen LogP contribution in [0.2, 0.25) is 0 Å². The number of aromatic nitrogens is 2. The van der Waals surface area contributed by atoms with Crippen LogP contribution in [0.1, 0.15) is 0 Å². The Morgan fingerprint density at radius 3 is 2.84 bits per heavy atom. The fraction of sp³-hybridized carbons (Fsp3) is 0.154. The maximum absolute atomic E-state index is 10.8. The largest absolute Gasteiger partial charge is 0.315 e. The Kier molecular flexibility index (Phi) is 4.01. The number of allylic oxidation sites excluding steroid dienone is 1. The second kappa shape index (κ2) is 5.71. The van der Waals surface area contributed by atoms with Crippen molar-refractivity contribution in [3.63, 3.8) is 0 Å². The van der Waals surface area contributed by atoms with E-state index in [2.05, 4.69) is 18.1 Å². The van der Waals surface area contributed by atoms with Gasteiger partial charge in [0.05, 0.1) is 16.0 Å². The fourth-order valence-corrected chi connectivity index (χ4v) is 2.52. The maximum atomic E-state index is 10.8. The van der Waals surface area contributed by atoms with E-state index in [1.807, 2.05) is 4.57 Å². The Bertz CT molecular complexity index is 649. The minimum atomic E-state index is -0.414. The average molecular weight is 275 g/mol. The van der Waals surface area contributed by atoms with Gasteiger partial charge in [0, 0.05) is 24.4 Å². The summed E-state index contributed by atoms with van der Waals surface area (Å²) in [5.74, 6) is 0.739. The molecular formula is C13H13N3O2S. The first kappa shape index (κ1) is 13.4. The third-order valence-electron chi connectivity index (χ3n) is 2.55. The van der Waals surface area contributed by atoms with E-state index in [0.29, 0.717) is 12.1 Å². The summed E-state index contributed by atoms with van der Waals surface area (Å²) in [5.41, 5.74) is 1.55. The van der Waals surface area contributed by atoms with Gasteiger partial charge in [0.1, 0.15) is 0 Å². The van der Waals surface area contributed by atoms with Crippen molar-refractivity contribution in [2.75, 3.05) is 5.75 Å². The van der Waals surface area contributed by atoms with Gasteiger partial charge in [0.2, 0.25) is 0 Å². The van der Waals surface area contributed by atoms with Crippen molar-refractivity contribution in [2.45, 2.75) is 11.7 Å². The predicted octanol–water partition coefficient (Wildman–Crippen LogP) is 3.41.